The second-order valence-corrected chi connectivity index (χ2v) is 8.06. The van der Waals surface area contributed by atoms with Crippen LogP contribution in [0.5, 0.6) is 0 Å². The first-order chi connectivity index (χ1) is 16.8. The Labute approximate surface area is 200 Å². The Bertz CT molecular complexity index is 1410. The van der Waals surface area contributed by atoms with Crippen LogP contribution in [-0.2, 0) is 13.1 Å². The maximum absolute atomic E-state index is 14.6. The number of benzene rings is 2. The van der Waals surface area contributed by atoms with Crippen LogP contribution in [0, 0.1) is 29.5 Å². The maximum Gasteiger partial charge on any atom is 0.322 e. The molecule has 5 N–H and O–H groups in total. The lowest BCUT2D eigenvalue weighted by molar-refractivity contribution is 0.0997. The van der Waals surface area contributed by atoms with Crippen molar-refractivity contribution in [1.82, 2.24) is 14.7 Å². The lowest BCUT2D eigenvalue weighted by Gasteiger charge is -2.28. The van der Waals surface area contributed by atoms with Crippen LogP contribution in [0.15, 0.2) is 30.3 Å². The van der Waals surface area contributed by atoms with E-state index >= 15 is 0 Å². The number of rotatable bonds is 5. The molecule has 4 rings (SSSR count). The number of hydrogen-bond acceptors (Lipinski definition) is 6. The molecule has 0 bridgehead atoms. The zero-order chi connectivity index (χ0) is 25.3. The molecule has 0 radical (unpaired) electrons. The third-order valence-corrected chi connectivity index (χ3v) is 5.93. The minimum absolute atomic E-state index is 0.0757. The van der Waals surface area contributed by atoms with E-state index in [1.54, 1.807) is 42.9 Å². The van der Waals surface area contributed by atoms with Crippen LogP contribution in [0.25, 0.3) is 11.3 Å². The van der Waals surface area contributed by atoms with E-state index in [0.29, 0.717) is 41.3 Å². The van der Waals surface area contributed by atoms with Crippen LogP contribution in [0.2, 0.25) is 0 Å². The Morgan fingerprint density at radius 3 is 2.69 bits per heavy atom. The molecule has 3 aromatic rings. The van der Waals surface area contributed by atoms with Crippen LogP contribution >= 0.6 is 0 Å². The summed E-state index contributed by atoms with van der Waals surface area (Å²) in [6.07, 6.45) is 0.907. The summed E-state index contributed by atoms with van der Waals surface area (Å²) >= 11 is 0. The number of primary amides is 1. The molecular weight excluding hydrogens is 451 g/mol. The van der Waals surface area contributed by atoms with Gasteiger partial charge in [0.05, 0.1) is 41.5 Å². The summed E-state index contributed by atoms with van der Waals surface area (Å²) in [6.45, 7) is 2.50. The Balaban J connectivity index is 1.66. The summed E-state index contributed by atoms with van der Waals surface area (Å²) in [7, 11) is 1.60. The van der Waals surface area contributed by atoms with Gasteiger partial charge < -0.3 is 26.7 Å². The molecule has 10 nitrogen and oxygen atoms in total. The average molecular weight is 475 g/mol. The molecule has 178 valence electrons. The van der Waals surface area contributed by atoms with Crippen LogP contribution in [0.3, 0.4) is 0 Å². The van der Waals surface area contributed by atoms with E-state index in [1.165, 1.54) is 11.0 Å². The lowest BCUT2D eigenvalue weighted by Crippen LogP contribution is -2.41. The van der Waals surface area contributed by atoms with Crippen LogP contribution in [-0.4, -0.2) is 46.4 Å². The Morgan fingerprint density at radius 1 is 1.29 bits per heavy atom. The minimum atomic E-state index is -0.742. The first-order valence-electron chi connectivity index (χ1n) is 10.8. The fourth-order valence-corrected chi connectivity index (χ4v) is 4.13. The Hall–Kier alpha value is -4.72. The molecule has 0 unspecified atom stereocenters. The molecule has 2 heterocycles. The number of carbonyl (C=O) groups is 2. The molecular formula is C24H23FN8O2. The highest BCUT2D eigenvalue weighted by Crippen LogP contribution is 2.32. The summed E-state index contributed by atoms with van der Waals surface area (Å²) < 4.78 is 16.2. The van der Waals surface area contributed by atoms with Gasteiger partial charge in [-0.05, 0) is 42.8 Å². The van der Waals surface area contributed by atoms with Gasteiger partial charge in [-0.25, -0.2) is 9.18 Å². The summed E-state index contributed by atoms with van der Waals surface area (Å²) in [6, 6.07) is 9.51. The summed E-state index contributed by atoms with van der Waals surface area (Å²) in [5.41, 5.74) is 9.06. The molecule has 0 fully saturated rings. The van der Waals surface area contributed by atoms with Gasteiger partial charge in [-0.1, -0.05) is 0 Å². The molecule has 1 aliphatic rings. The van der Waals surface area contributed by atoms with E-state index in [1.807, 2.05) is 0 Å². The van der Waals surface area contributed by atoms with Crippen molar-refractivity contribution in [3.8, 4) is 17.3 Å². The summed E-state index contributed by atoms with van der Waals surface area (Å²) in [5, 5.41) is 26.7. The van der Waals surface area contributed by atoms with Crippen molar-refractivity contribution in [1.29, 1.82) is 10.7 Å². The van der Waals surface area contributed by atoms with Crippen molar-refractivity contribution < 1.29 is 14.0 Å². The molecule has 0 spiro atoms. The number of halogens is 1. The van der Waals surface area contributed by atoms with Crippen molar-refractivity contribution in [2.24, 2.45) is 5.73 Å². The first kappa shape index (κ1) is 23.4. The van der Waals surface area contributed by atoms with Crippen LogP contribution < -0.4 is 16.4 Å². The number of aryl methyl sites for hydroxylation is 1. The predicted molar refractivity (Wildman–Crippen MR) is 129 cm³/mol. The highest BCUT2D eigenvalue weighted by atomic mass is 19.1. The number of amides is 3. The van der Waals surface area contributed by atoms with Crippen molar-refractivity contribution in [3.05, 3.63) is 64.1 Å². The molecule has 0 atom stereocenters. The van der Waals surface area contributed by atoms with Gasteiger partial charge in [-0.2, -0.15) is 10.4 Å². The van der Waals surface area contributed by atoms with Gasteiger partial charge in [0.1, 0.15) is 11.5 Å². The molecule has 1 aliphatic heterocycles. The van der Waals surface area contributed by atoms with Gasteiger partial charge in [0.25, 0.3) is 5.91 Å². The molecule has 1 aromatic heterocycles. The summed E-state index contributed by atoms with van der Waals surface area (Å²) in [5.74, 6) is -1.38. The SMILES string of the molecule is CNc1cc(-c2nn3c(c2C(N)=O)CN(C(=O)Nc2ccc(C#N)c(C)c2)CC3)cc(F)c1C=N. The van der Waals surface area contributed by atoms with E-state index in [-0.39, 0.29) is 29.4 Å². The lowest BCUT2D eigenvalue weighted by atomic mass is 10.0. The van der Waals surface area contributed by atoms with Crippen LogP contribution in [0.4, 0.5) is 20.6 Å². The fourth-order valence-electron chi connectivity index (χ4n) is 4.13. The molecule has 11 heteroatoms. The van der Waals surface area contributed by atoms with E-state index in [2.05, 4.69) is 21.8 Å². The second kappa shape index (κ2) is 9.26. The number of nitrogens with zero attached hydrogens (tertiary/aromatic N) is 4. The van der Waals surface area contributed by atoms with Gasteiger partial charge in [0.2, 0.25) is 0 Å². The minimum Gasteiger partial charge on any atom is -0.387 e. The quantitative estimate of drug-likeness (QED) is 0.419. The number of hydrogen-bond donors (Lipinski definition) is 4. The van der Waals surface area contributed by atoms with Gasteiger partial charge in [0.15, 0.2) is 0 Å². The van der Waals surface area contributed by atoms with Crippen molar-refractivity contribution in [2.45, 2.75) is 20.0 Å². The first-order valence-corrected chi connectivity index (χ1v) is 10.8. The molecule has 35 heavy (non-hydrogen) atoms. The number of nitrogens with one attached hydrogen (secondary N) is 3. The van der Waals surface area contributed by atoms with Gasteiger partial charge in [-0.15, -0.1) is 0 Å². The highest BCUT2D eigenvalue weighted by Gasteiger charge is 2.30. The Morgan fingerprint density at radius 2 is 2.06 bits per heavy atom. The zero-order valence-corrected chi connectivity index (χ0v) is 19.1. The smallest absolute Gasteiger partial charge is 0.322 e. The third kappa shape index (κ3) is 4.29. The maximum atomic E-state index is 14.6. The number of aromatic nitrogens is 2. The largest absolute Gasteiger partial charge is 0.387 e. The predicted octanol–water partition coefficient (Wildman–Crippen LogP) is 3.06. The fraction of sp³-hybridized carbons (Fsp3) is 0.208. The number of nitrogens with two attached hydrogens (primary N) is 1. The standard InChI is InChI=1S/C24H23FN8O2/c1-13-7-16(4-3-14(13)10-26)30-24(35)32-5-6-33-20(12-32)21(23(28)34)22(31-33)15-8-18(25)17(11-27)19(9-15)29-2/h3-4,7-9,11,27,29H,5-6,12H2,1-2H3,(H2,28,34)(H,30,35). The van der Waals surface area contributed by atoms with E-state index in [4.69, 9.17) is 16.4 Å². The number of fused-ring (bicyclic) bond motifs is 1. The molecule has 0 aliphatic carbocycles. The second-order valence-electron chi connectivity index (χ2n) is 8.06. The van der Waals surface area contributed by atoms with E-state index < -0.39 is 11.7 Å². The topological polar surface area (TPSA) is 153 Å². The normalized spacial score (nSPS) is 12.5. The monoisotopic (exact) mass is 474 g/mol. The van der Waals surface area contributed by atoms with Crippen LogP contribution in [0.1, 0.15) is 32.7 Å². The molecule has 0 saturated heterocycles. The number of urea groups is 1. The highest BCUT2D eigenvalue weighted by molar-refractivity contribution is 6.01. The van der Waals surface area contributed by atoms with Gasteiger partial charge in [0, 0.05) is 36.7 Å². The van der Waals surface area contributed by atoms with Crippen molar-refractivity contribution in [3.63, 3.8) is 0 Å². The summed E-state index contributed by atoms with van der Waals surface area (Å²) in [4.78, 5) is 26.9. The van der Waals surface area contributed by atoms with Gasteiger partial charge >= 0.3 is 6.03 Å². The molecule has 3 amide bonds. The average Bonchev–Trinajstić information content (AvgIpc) is 3.22. The van der Waals surface area contributed by atoms with E-state index in [0.717, 1.165) is 11.8 Å². The van der Waals surface area contributed by atoms with Crippen molar-refractivity contribution >= 4 is 29.5 Å². The van der Waals surface area contributed by atoms with E-state index in [9.17, 15) is 14.0 Å². The molecule has 0 saturated carbocycles. The van der Waals surface area contributed by atoms with Crippen molar-refractivity contribution in [2.75, 3.05) is 24.2 Å². The molecule has 2 aromatic carbocycles. The Kier molecular flexibility index (Phi) is 6.20. The third-order valence-electron chi connectivity index (χ3n) is 5.93. The zero-order valence-electron chi connectivity index (χ0n) is 19.1. The van der Waals surface area contributed by atoms with Gasteiger partial charge in [-0.3, -0.25) is 9.48 Å². The number of carbonyl (C=O) groups excluding carboxylic acids is 2. The number of anilines is 2. The number of nitriles is 1.